The number of aromatic amines is 1. The Labute approximate surface area is 66.8 Å². The first-order valence-electron chi connectivity index (χ1n) is 3.92. The van der Waals surface area contributed by atoms with E-state index in [-0.39, 0.29) is 0 Å². The molecule has 0 aliphatic carbocycles. The topological polar surface area (TPSA) is 37.9 Å². The molecule has 11 heavy (non-hydrogen) atoms. The zero-order valence-electron chi connectivity index (χ0n) is 7.22. The zero-order chi connectivity index (χ0) is 8.27. The quantitative estimate of drug-likeness (QED) is 0.722. The van der Waals surface area contributed by atoms with Crippen LogP contribution >= 0.6 is 0 Å². The summed E-state index contributed by atoms with van der Waals surface area (Å²) < 4.78 is 5.19. The number of nitrogens with one attached hydrogen (secondary N) is 1. The van der Waals surface area contributed by atoms with Gasteiger partial charge in [0, 0.05) is 11.8 Å². The van der Waals surface area contributed by atoms with Crippen LogP contribution in [0.25, 0.3) is 0 Å². The number of H-pyrrole nitrogens is 1. The van der Waals surface area contributed by atoms with E-state index in [0.29, 0.717) is 18.4 Å². The molecule has 0 atom stereocenters. The predicted molar refractivity (Wildman–Crippen MR) is 43.8 cm³/mol. The summed E-state index contributed by atoms with van der Waals surface area (Å²) in [6, 6.07) is 1.94. The van der Waals surface area contributed by atoms with Crippen LogP contribution in [0, 0.1) is 0 Å². The Morgan fingerprint density at radius 3 is 2.82 bits per heavy atom. The minimum Gasteiger partial charge on any atom is -0.477 e. The van der Waals surface area contributed by atoms with Gasteiger partial charge in [0.25, 0.3) is 0 Å². The van der Waals surface area contributed by atoms with Crippen LogP contribution in [0.3, 0.4) is 0 Å². The molecule has 3 nitrogen and oxygen atoms in total. The first-order chi connectivity index (χ1) is 5.24. The van der Waals surface area contributed by atoms with Gasteiger partial charge in [-0.05, 0) is 12.8 Å². The zero-order valence-corrected chi connectivity index (χ0v) is 7.22. The smallest absolute Gasteiger partial charge is 0.232 e. The van der Waals surface area contributed by atoms with Crippen molar-refractivity contribution in [2.45, 2.75) is 26.7 Å². The van der Waals surface area contributed by atoms with Crippen LogP contribution in [0.2, 0.25) is 0 Å². The van der Waals surface area contributed by atoms with Gasteiger partial charge in [0.2, 0.25) is 5.88 Å². The van der Waals surface area contributed by atoms with Gasteiger partial charge in [-0.3, -0.25) is 5.10 Å². The highest BCUT2D eigenvalue weighted by Gasteiger charge is 2.03. The van der Waals surface area contributed by atoms with E-state index in [0.717, 1.165) is 5.69 Å². The van der Waals surface area contributed by atoms with Gasteiger partial charge in [0.1, 0.15) is 0 Å². The molecule has 0 aromatic carbocycles. The van der Waals surface area contributed by atoms with Crippen LogP contribution in [0.4, 0.5) is 0 Å². The van der Waals surface area contributed by atoms with Crippen molar-refractivity contribution in [3.05, 3.63) is 11.8 Å². The molecule has 0 bridgehead atoms. The summed E-state index contributed by atoms with van der Waals surface area (Å²) in [5, 5.41) is 6.89. The Hall–Kier alpha value is -0.990. The fourth-order valence-electron chi connectivity index (χ4n) is 0.835. The van der Waals surface area contributed by atoms with Crippen molar-refractivity contribution >= 4 is 0 Å². The minimum absolute atomic E-state index is 0.483. The van der Waals surface area contributed by atoms with E-state index in [1.54, 1.807) is 0 Å². The summed E-state index contributed by atoms with van der Waals surface area (Å²) >= 11 is 0. The maximum atomic E-state index is 5.19. The normalized spacial score (nSPS) is 10.5. The molecule has 1 heterocycles. The van der Waals surface area contributed by atoms with Crippen molar-refractivity contribution < 1.29 is 4.74 Å². The fourth-order valence-corrected chi connectivity index (χ4v) is 0.835. The molecule has 1 N–H and O–H groups in total. The van der Waals surface area contributed by atoms with Gasteiger partial charge in [-0.25, -0.2) is 0 Å². The predicted octanol–water partition coefficient (Wildman–Crippen LogP) is 1.93. The maximum absolute atomic E-state index is 5.19. The van der Waals surface area contributed by atoms with Crippen molar-refractivity contribution in [2.24, 2.45) is 0 Å². The van der Waals surface area contributed by atoms with E-state index >= 15 is 0 Å². The van der Waals surface area contributed by atoms with Crippen LogP contribution in [-0.4, -0.2) is 16.8 Å². The van der Waals surface area contributed by atoms with Gasteiger partial charge in [0.05, 0.1) is 6.61 Å². The van der Waals surface area contributed by atoms with E-state index in [2.05, 4.69) is 24.0 Å². The molecule has 0 aliphatic rings. The second-order valence-electron chi connectivity index (χ2n) is 2.75. The lowest BCUT2D eigenvalue weighted by molar-refractivity contribution is 0.326. The van der Waals surface area contributed by atoms with E-state index < -0.39 is 0 Å². The second kappa shape index (κ2) is 3.42. The summed E-state index contributed by atoms with van der Waals surface area (Å²) in [6.07, 6.45) is 0. The molecule has 1 aromatic rings. The van der Waals surface area contributed by atoms with Crippen LogP contribution in [0.15, 0.2) is 6.07 Å². The van der Waals surface area contributed by atoms with E-state index in [4.69, 9.17) is 4.74 Å². The van der Waals surface area contributed by atoms with Gasteiger partial charge in [-0.2, -0.15) is 0 Å². The molecule has 0 saturated heterocycles. The monoisotopic (exact) mass is 154 g/mol. The lowest BCUT2D eigenvalue weighted by Crippen LogP contribution is -1.90. The number of nitrogens with zero attached hydrogens (tertiary/aromatic N) is 1. The van der Waals surface area contributed by atoms with Crippen LogP contribution < -0.4 is 4.74 Å². The Bertz CT molecular complexity index is 218. The van der Waals surface area contributed by atoms with Gasteiger partial charge in [-0.1, -0.05) is 13.8 Å². The van der Waals surface area contributed by atoms with Gasteiger partial charge >= 0.3 is 0 Å². The summed E-state index contributed by atoms with van der Waals surface area (Å²) in [7, 11) is 0. The summed E-state index contributed by atoms with van der Waals surface area (Å²) in [6.45, 7) is 6.85. The first kappa shape index (κ1) is 8.11. The number of rotatable bonds is 3. The molecule has 3 heteroatoms. The van der Waals surface area contributed by atoms with Gasteiger partial charge < -0.3 is 4.74 Å². The highest BCUT2D eigenvalue weighted by Crippen LogP contribution is 2.15. The molecule has 1 aromatic heterocycles. The third-order valence-electron chi connectivity index (χ3n) is 1.49. The molecule has 62 valence electrons. The maximum Gasteiger partial charge on any atom is 0.232 e. The second-order valence-corrected chi connectivity index (χ2v) is 2.75. The molecule has 0 unspecified atom stereocenters. The molecule has 0 aliphatic heterocycles. The fraction of sp³-hybridized carbons (Fsp3) is 0.625. The largest absolute Gasteiger partial charge is 0.477 e. The molecule has 1 rings (SSSR count). The average molecular weight is 154 g/mol. The van der Waals surface area contributed by atoms with E-state index in [1.807, 2.05) is 13.0 Å². The van der Waals surface area contributed by atoms with Crippen molar-refractivity contribution in [3.63, 3.8) is 0 Å². The highest BCUT2D eigenvalue weighted by atomic mass is 16.5. The first-order valence-corrected chi connectivity index (χ1v) is 3.92. The number of hydrogen-bond donors (Lipinski definition) is 1. The third-order valence-corrected chi connectivity index (χ3v) is 1.49. The van der Waals surface area contributed by atoms with Gasteiger partial charge in [-0.15, -0.1) is 5.10 Å². The molecule has 0 spiro atoms. The lowest BCUT2D eigenvalue weighted by atomic mass is 10.1. The summed E-state index contributed by atoms with van der Waals surface area (Å²) in [4.78, 5) is 0. The summed E-state index contributed by atoms with van der Waals surface area (Å²) in [5.41, 5.74) is 1.12. The molecule has 0 amide bonds. The van der Waals surface area contributed by atoms with Crippen molar-refractivity contribution in [3.8, 4) is 5.88 Å². The van der Waals surface area contributed by atoms with Crippen LogP contribution in [0.1, 0.15) is 32.4 Å². The van der Waals surface area contributed by atoms with Crippen molar-refractivity contribution in [1.82, 2.24) is 10.2 Å². The SMILES string of the molecule is CCOc1cc(C(C)C)[nH]n1. The van der Waals surface area contributed by atoms with Gasteiger partial charge in [0.15, 0.2) is 0 Å². The van der Waals surface area contributed by atoms with Crippen molar-refractivity contribution in [2.75, 3.05) is 6.61 Å². The molecular formula is C8H14N2O. The van der Waals surface area contributed by atoms with Crippen LogP contribution in [-0.2, 0) is 0 Å². The Morgan fingerprint density at radius 1 is 1.64 bits per heavy atom. The van der Waals surface area contributed by atoms with Crippen molar-refractivity contribution in [1.29, 1.82) is 0 Å². The number of ether oxygens (including phenoxy) is 1. The Balaban J connectivity index is 2.66. The Morgan fingerprint density at radius 2 is 2.36 bits per heavy atom. The third kappa shape index (κ3) is 1.97. The molecule has 0 fully saturated rings. The van der Waals surface area contributed by atoms with Crippen LogP contribution in [0.5, 0.6) is 5.88 Å². The number of hydrogen-bond acceptors (Lipinski definition) is 2. The standard InChI is InChI=1S/C8H14N2O/c1-4-11-8-5-7(6(2)3)9-10-8/h5-6H,4H2,1-3H3,(H,9,10). The number of aromatic nitrogens is 2. The van der Waals surface area contributed by atoms with E-state index in [9.17, 15) is 0 Å². The average Bonchev–Trinajstić information content (AvgIpc) is 2.37. The molecule has 0 radical (unpaired) electrons. The Kier molecular flexibility index (Phi) is 2.52. The molecule has 0 saturated carbocycles. The highest BCUT2D eigenvalue weighted by molar-refractivity contribution is 5.16. The lowest BCUT2D eigenvalue weighted by Gasteiger charge is -1.96. The minimum atomic E-state index is 0.483. The summed E-state index contributed by atoms with van der Waals surface area (Å²) in [5.74, 6) is 1.17. The molecular weight excluding hydrogens is 140 g/mol. The van der Waals surface area contributed by atoms with E-state index in [1.165, 1.54) is 0 Å².